The van der Waals surface area contributed by atoms with Crippen LogP contribution in [0.2, 0.25) is 0 Å². The molecular formula is C22H25IN2O7. The number of halogens is 1. The quantitative estimate of drug-likeness (QED) is 0.238. The van der Waals surface area contributed by atoms with Gasteiger partial charge in [0.25, 0.3) is 11.8 Å². The van der Waals surface area contributed by atoms with Crippen LogP contribution in [0.1, 0.15) is 44.6 Å². The maximum Gasteiger partial charge on any atom is 0.344 e. The Morgan fingerprint density at radius 3 is 2.59 bits per heavy atom. The van der Waals surface area contributed by atoms with E-state index in [0.29, 0.717) is 20.6 Å². The van der Waals surface area contributed by atoms with Crippen molar-refractivity contribution < 1.29 is 33.4 Å². The molecule has 1 N–H and O–H groups in total. The lowest BCUT2D eigenvalue weighted by atomic mass is 9.93. The molecule has 0 atom stereocenters. The molecule has 2 fully saturated rings. The first-order chi connectivity index (χ1) is 15.3. The van der Waals surface area contributed by atoms with E-state index in [0.717, 1.165) is 32.1 Å². The summed E-state index contributed by atoms with van der Waals surface area (Å²) < 4.78 is 16.4. The van der Waals surface area contributed by atoms with Gasteiger partial charge < -0.3 is 14.2 Å². The van der Waals surface area contributed by atoms with Gasteiger partial charge in [-0.3, -0.25) is 19.8 Å². The molecule has 1 heterocycles. The number of amides is 4. The van der Waals surface area contributed by atoms with Crippen molar-refractivity contribution in [3.8, 4) is 11.5 Å². The van der Waals surface area contributed by atoms with E-state index < -0.39 is 23.8 Å². The highest BCUT2D eigenvalue weighted by molar-refractivity contribution is 14.1. The summed E-state index contributed by atoms with van der Waals surface area (Å²) in [5.74, 6) is -1.15. The average Bonchev–Trinajstić information content (AvgIpc) is 2.76. The summed E-state index contributed by atoms with van der Waals surface area (Å²) in [7, 11) is 1.45. The fraction of sp³-hybridized carbons (Fsp3) is 0.455. The summed E-state index contributed by atoms with van der Waals surface area (Å²) in [4.78, 5) is 50.6. The summed E-state index contributed by atoms with van der Waals surface area (Å²) in [6.45, 7) is 1.68. The van der Waals surface area contributed by atoms with Crippen LogP contribution in [0, 0.1) is 3.57 Å². The van der Waals surface area contributed by atoms with Crippen molar-refractivity contribution in [2.24, 2.45) is 0 Å². The van der Waals surface area contributed by atoms with Gasteiger partial charge in [0.15, 0.2) is 18.1 Å². The third-order valence-corrected chi connectivity index (χ3v) is 6.08. The van der Waals surface area contributed by atoms with Gasteiger partial charge in [-0.1, -0.05) is 19.3 Å². The minimum Gasteiger partial charge on any atom is -0.493 e. The standard InChI is InChI=1S/C22H25IN2O7/c1-3-31-18(26)12-32-19-16(23)10-13(11-17(19)30-2)9-15-20(27)24-22(29)25(21(15)28)14-7-5-4-6-8-14/h9-11,14H,3-8,12H2,1-2H3,(H,24,27,29). The molecule has 3 rings (SSSR count). The second kappa shape index (κ2) is 10.8. The Kier molecular flexibility index (Phi) is 8.10. The van der Waals surface area contributed by atoms with Crippen molar-refractivity contribution in [3.63, 3.8) is 0 Å². The van der Waals surface area contributed by atoms with Crippen LogP contribution in [-0.2, 0) is 19.1 Å². The summed E-state index contributed by atoms with van der Waals surface area (Å²) in [5.41, 5.74) is 0.402. The van der Waals surface area contributed by atoms with Gasteiger partial charge in [0, 0.05) is 6.04 Å². The molecule has 32 heavy (non-hydrogen) atoms. The van der Waals surface area contributed by atoms with Gasteiger partial charge in [0.1, 0.15) is 5.57 Å². The lowest BCUT2D eigenvalue weighted by Crippen LogP contribution is -2.58. The molecule has 1 aromatic carbocycles. The molecule has 1 saturated carbocycles. The molecule has 0 bridgehead atoms. The number of carbonyl (C=O) groups excluding carboxylic acids is 4. The van der Waals surface area contributed by atoms with Gasteiger partial charge >= 0.3 is 12.0 Å². The Morgan fingerprint density at radius 1 is 1.22 bits per heavy atom. The van der Waals surface area contributed by atoms with Gasteiger partial charge in [-0.05, 0) is 66.1 Å². The molecule has 9 nitrogen and oxygen atoms in total. The Labute approximate surface area is 199 Å². The highest BCUT2D eigenvalue weighted by Gasteiger charge is 2.40. The third-order valence-electron chi connectivity index (χ3n) is 5.28. The number of urea groups is 1. The summed E-state index contributed by atoms with van der Waals surface area (Å²) >= 11 is 2.01. The van der Waals surface area contributed by atoms with E-state index in [-0.39, 0.29) is 24.8 Å². The van der Waals surface area contributed by atoms with E-state index in [9.17, 15) is 19.2 Å². The Hall–Kier alpha value is -2.63. The van der Waals surface area contributed by atoms with Crippen LogP contribution in [0.5, 0.6) is 11.5 Å². The number of nitrogens with zero attached hydrogens (tertiary/aromatic N) is 1. The number of carbonyl (C=O) groups is 4. The molecule has 4 amide bonds. The zero-order valence-electron chi connectivity index (χ0n) is 17.9. The number of esters is 1. The summed E-state index contributed by atoms with van der Waals surface area (Å²) in [6.07, 6.45) is 5.86. The molecule has 1 saturated heterocycles. The molecule has 2 aliphatic rings. The van der Waals surface area contributed by atoms with Gasteiger partial charge in [0.05, 0.1) is 17.3 Å². The first-order valence-corrected chi connectivity index (χ1v) is 11.5. The minimum atomic E-state index is -0.733. The van der Waals surface area contributed by atoms with E-state index in [1.54, 1.807) is 19.1 Å². The SMILES string of the molecule is CCOC(=O)COc1c(I)cc(C=C2C(=O)NC(=O)N(C3CCCCC3)C2=O)cc1OC. The van der Waals surface area contributed by atoms with Crippen molar-refractivity contribution in [2.45, 2.75) is 45.1 Å². The van der Waals surface area contributed by atoms with E-state index in [2.05, 4.69) is 5.32 Å². The van der Waals surface area contributed by atoms with Gasteiger partial charge in [0.2, 0.25) is 0 Å². The number of hydrogen-bond acceptors (Lipinski definition) is 7. The fourth-order valence-electron chi connectivity index (χ4n) is 3.81. The number of imide groups is 2. The van der Waals surface area contributed by atoms with Crippen LogP contribution >= 0.6 is 22.6 Å². The van der Waals surface area contributed by atoms with Crippen molar-refractivity contribution in [1.82, 2.24) is 10.2 Å². The lowest BCUT2D eigenvalue weighted by molar-refractivity contribution is -0.145. The maximum atomic E-state index is 13.1. The Bertz CT molecular complexity index is 954. The van der Waals surface area contributed by atoms with E-state index >= 15 is 0 Å². The van der Waals surface area contributed by atoms with Crippen LogP contribution < -0.4 is 14.8 Å². The monoisotopic (exact) mass is 556 g/mol. The van der Waals surface area contributed by atoms with E-state index in [1.165, 1.54) is 18.1 Å². The molecule has 0 unspecified atom stereocenters. The van der Waals surface area contributed by atoms with Crippen molar-refractivity contribution >= 4 is 52.5 Å². The van der Waals surface area contributed by atoms with Crippen molar-refractivity contribution in [1.29, 1.82) is 0 Å². The normalized spacial score (nSPS) is 18.5. The molecule has 1 aliphatic heterocycles. The predicted molar refractivity (Wildman–Crippen MR) is 123 cm³/mol. The van der Waals surface area contributed by atoms with Gasteiger partial charge in [-0.15, -0.1) is 0 Å². The number of ether oxygens (including phenoxy) is 3. The largest absolute Gasteiger partial charge is 0.493 e. The number of nitrogens with one attached hydrogen (secondary N) is 1. The first kappa shape index (κ1) is 24.0. The molecular weight excluding hydrogens is 531 g/mol. The molecule has 1 aliphatic carbocycles. The summed E-state index contributed by atoms with van der Waals surface area (Å²) in [5, 5.41) is 2.28. The third kappa shape index (κ3) is 5.40. The van der Waals surface area contributed by atoms with Crippen LogP contribution in [0.4, 0.5) is 4.79 Å². The number of barbiturate groups is 1. The molecule has 10 heteroatoms. The summed E-state index contributed by atoms with van der Waals surface area (Å²) in [6, 6.07) is 2.41. The maximum absolute atomic E-state index is 13.1. The van der Waals surface area contributed by atoms with Crippen LogP contribution in [0.15, 0.2) is 17.7 Å². The molecule has 1 aromatic rings. The topological polar surface area (TPSA) is 111 Å². The fourth-order valence-corrected chi connectivity index (χ4v) is 4.59. The van der Waals surface area contributed by atoms with Gasteiger partial charge in [-0.25, -0.2) is 9.59 Å². The zero-order valence-corrected chi connectivity index (χ0v) is 20.1. The van der Waals surface area contributed by atoms with Crippen LogP contribution in [0.25, 0.3) is 6.08 Å². The second-order valence-electron chi connectivity index (χ2n) is 7.41. The Balaban J connectivity index is 1.87. The van der Waals surface area contributed by atoms with E-state index in [4.69, 9.17) is 14.2 Å². The number of methoxy groups -OCH3 is 1. The highest BCUT2D eigenvalue weighted by atomic mass is 127. The predicted octanol–water partition coefficient (Wildman–Crippen LogP) is 3.04. The minimum absolute atomic E-state index is 0.117. The number of rotatable bonds is 7. The highest BCUT2D eigenvalue weighted by Crippen LogP contribution is 2.35. The smallest absolute Gasteiger partial charge is 0.344 e. The molecule has 172 valence electrons. The molecule has 0 spiro atoms. The van der Waals surface area contributed by atoms with Crippen molar-refractivity contribution in [3.05, 3.63) is 26.8 Å². The Morgan fingerprint density at radius 2 is 1.94 bits per heavy atom. The van der Waals surface area contributed by atoms with Crippen molar-refractivity contribution in [2.75, 3.05) is 20.3 Å². The average molecular weight is 556 g/mol. The lowest BCUT2D eigenvalue weighted by Gasteiger charge is -2.35. The van der Waals surface area contributed by atoms with E-state index in [1.807, 2.05) is 22.6 Å². The van der Waals surface area contributed by atoms with Crippen LogP contribution in [0.3, 0.4) is 0 Å². The molecule has 0 radical (unpaired) electrons. The second-order valence-corrected chi connectivity index (χ2v) is 8.57. The number of benzene rings is 1. The first-order valence-electron chi connectivity index (χ1n) is 10.4. The van der Waals surface area contributed by atoms with Crippen LogP contribution in [-0.4, -0.2) is 55.1 Å². The molecule has 0 aromatic heterocycles. The number of hydrogen-bond donors (Lipinski definition) is 1. The zero-order chi connectivity index (χ0) is 23.3. The van der Waals surface area contributed by atoms with Gasteiger partial charge in [-0.2, -0.15) is 0 Å².